The summed E-state index contributed by atoms with van der Waals surface area (Å²) in [4.78, 5) is 19.4. The number of rotatable bonds is 12. The summed E-state index contributed by atoms with van der Waals surface area (Å²) in [5.74, 6) is -0.241. The van der Waals surface area contributed by atoms with Gasteiger partial charge in [0.2, 0.25) is 5.79 Å². The van der Waals surface area contributed by atoms with Crippen LogP contribution < -0.4 is 15.3 Å². The second kappa shape index (κ2) is 15.4. The topological polar surface area (TPSA) is 105 Å². The molecule has 4 heterocycles. The molecule has 0 amide bonds. The van der Waals surface area contributed by atoms with Gasteiger partial charge in [-0.05, 0) is 61.2 Å². The lowest BCUT2D eigenvalue weighted by atomic mass is 10.00. The molecule has 4 atom stereocenters. The maximum absolute atomic E-state index is 12.9. The smallest absolute Gasteiger partial charge is 0.350 e. The lowest BCUT2D eigenvalue weighted by Gasteiger charge is -2.39. The van der Waals surface area contributed by atoms with Crippen molar-refractivity contribution in [2.75, 3.05) is 44.3 Å². The van der Waals surface area contributed by atoms with E-state index < -0.39 is 5.79 Å². The first kappa shape index (κ1) is 34.8. The molecule has 53 heavy (non-hydrogen) atoms. The van der Waals surface area contributed by atoms with Crippen LogP contribution in [0.15, 0.2) is 121 Å². The van der Waals surface area contributed by atoms with Crippen molar-refractivity contribution in [2.45, 2.75) is 57.2 Å². The van der Waals surface area contributed by atoms with Crippen molar-refractivity contribution in [3.8, 4) is 16.9 Å². The predicted molar refractivity (Wildman–Crippen MR) is 203 cm³/mol. The summed E-state index contributed by atoms with van der Waals surface area (Å²) in [7, 11) is 0. The molecule has 2 fully saturated rings. The normalized spacial score (nSPS) is 22.5. The van der Waals surface area contributed by atoms with Gasteiger partial charge in [-0.15, -0.1) is 0 Å². The Kier molecular flexibility index (Phi) is 10.1. The molecule has 0 bridgehead atoms. The fourth-order valence-electron chi connectivity index (χ4n) is 7.30. The van der Waals surface area contributed by atoms with E-state index >= 15 is 0 Å². The maximum atomic E-state index is 12.9. The van der Waals surface area contributed by atoms with E-state index in [4.69, 9.17) is 14.2 Å². The maximum Gasteiger partial charge on any atom is 0.350 e. The molecule has 2 aliphatic heterocycles. The lowest BCUT2D eigenvalue weighted by Crippen LogP contribution is -2.50. The van der Waals surface area contributed by atoms with E-state index in [0.29, 0.717) is 25.8 Å². The zero-order valence-corrected chi connectivity index (χ0v) is 30.3. The van der Waals surface area contributed by atoms with Crippen LogP contribution in [0.5, 0.6) is 5.75 Å². The van der Waals surface area contributed by atoms with Gasteiger partial charge in [0.05, 0.1) is 25.0 Å². The van der Waals surface area contributed by atoms with Gasteiger partial charge in [-0.25, -0.2) is 14.0 Å². The van der Waals surface area contributed by atoms with Gasteiger partial charge in [0.15, 0.2) is 0 Å². The first-order valence-electron chi connectivity index (χ1n) is 18.6. The minimum absolute atomic E-state index is 0.0816. The van der Waals surface area contributed by atoms with Crippen molar-refractivity contribution in [1.29, 1.82) is 0 Å². The molecule has 12 heteroatoms. The number of aromatic nitrogens is 6. The highest BCUT2D eigenvalue weighted by molar-refractivity contribution is 5.63. The van der Waals surface area contributed by atoms with Crippen LogP contribution in [0.3, 0.4) is 0 Å². The molecule has 1 aliphatic carbocycles. The molecule has 12 nitrogen and oxygen atoms in total. The molecule has 8 rings (SSSR count). The third kappa shape index (κ3) is 7.48. The van der Waals surface area contributed by atoms with Crippen LogP contribution in [0.1, 0.15) is 38.3 Å². The zero-order valence-electron chi connectivity index (χ0n) is 30.3. The fourth-order valence-corrected chi connectivity index (χ4v) is 7.30. The number of hydrogen-bond donors (Lipinski definition) is 0. The number of piperazine rings is 1. The molecule has 2 unspecified atom stereocenters. The summed E-state index contributed by atoms with van der Waals surface area (Å²) in [5.41, 5.74) is 5.18. The second-order valence-corrected chi connectivity index (χ2v) is 13.9. The van der Waals surface area contributed by atoms with Crippen LogP contribution in [-0.4, -0.2) is 85.8 Å². The Morgan fingerprint density at radius 1 is 0.906 bits per heavy atom. The summed E-state index contributed by atoms with van der Waals surface area (Å²) in [6.07, 6.45) is 12.9. The Bertz CT molecular complexity index is 2070. The van der Waals surface area contributed by atoms with Gasteiger partial charge in [0.1, 0.15) is 31.3 Å². The molecule has 5 aromatic rings. The molecule has 3 aliphatic rings. The van der Waals surface area contributed by atoms with Gasteiger partial charge in [0.25, 0.3) is 0 Å². The average Bonchev–Trinajstić information content (AvgIpc) is 3.99. The third-order valence-corrected chi connectivity index (χ3v) is 10.6. The van der Waals surface area contributed by atoms with E-state index in [2.05, 4.69) is 98.8 Å². The van der Waals surface area contributed by atoms with Gasteiger partial charge in [-0.3, -0.25) is 4.90 Å². The van der Waals surface area contributed by atoms with Gasteiger partial charge in [0, 0.05) is 49.2 Å². The van der Waals surface area contributed by atoms with Gasteiger partial charge in [-0.2, -0.15) is 20.1 Å². The molecule has 0 saturated carbocycles. The summed E-state index contributed by atoms with van der Waals surface area (Å²) in [6.45, 7) is 8.96. The largest absolute Gasteiger partial charge is 0.491 e. The molecule has 274 valence electrons. The SMILES string of the molecule is CCC(C)n1ncn(C2=CCC(N3CCN(c4ccc(OC[C@@H]5CO[C@@](Cn6nccn6)(c6ccc(-c7ccccc7)cc6)O5)cc4)CC3)C=C2)c1=O. The van der Waals surface area contributed by atoms with Crippen molar-refractivity contribution in [1.82, 2.24) is 34.2 Å². The van der Waals surface area contributed by atoms with Crippen LogP contribution >= 0.6 is 0 Å². The minimum atomic E-state index is -1.03. The Morgan fingerprint density at radius 2 is 1.64 bits per heavy atom. The molecule has 0 spiro atoms. The van der Waals surface area contributed by atoms with Crippen LogP contribution in [0, 0.1) is 0 Å². The first-order chi connectivity index (χ1) is 26.0. The van der Waals surface area contributed by atoms with Gasteiger partial charge >= 0.3 is 5.69 Å². The highest BCUT2D eigenvalue weighted by Crippen LogP contribution is 2.37. The molecular formula is C41H46N8O4. The Labute approximate surface area is 309 Å². The van der Waals surface area contributed by atoms with E-state index in [1.165, 1.54) is 5.69 Å². The summed E-state index contributed by atoms with van der Waals surface area (Å²) < 4.78 is 22.5. The number of hydrogen-bond acceptors (Lipinski definition) is 9. The quantitative estimate of drug-likeness (QED) is 0.163. The fraction of sp³-hybridized carbons (Fsp3) is 0.366. The number of anilines is 1. The molecular weight excluding hydrogens is 669 g/mol. The Morgan fingerprint density at radius 3 is 2.34 bits per heavy atom. The summed E-state index contributed by atoms with van der Waals surface area (Å²) in [6, 6.07) is 27.3. The number of benzene rings is 3. The highest BCUT2D eigenvalue weighted by Gasteiger charge is 2.44. The molecule has 2 aromatic heterocycles. The molecule has 0 radical (unpaired) electrons. The predicted octanol–water partition coefficient (Wildman–Crippen LogP) is 5.61. The van der Waals surface area contributed by atoms with Crippen LogP contribution in [-0.2, 0) is 21.8 Å². The second-order valence-electron chi connectivity index (χ2n) is 13.9. The number of ether oxygens (including phenoxy) is 3. The standard InChI is InChI=1S/C41H46N8O4/c1-3-31(2)49-40(50)47(30-44-49)37-15-13-35(14-16-37)45-23-25-46(26-24-45)36-17-19-38(20-18-36)51-27-39-28-52-41(53-39,29-48-42-21-22-43-48)34-11-9-33(10-12-34)32-7-5-4-6-8-32/h4-13,15-22,30-31,35,39H,3,14,23-29H2,1-2H3/t31?,35?,39-,41-/m1/s1. The highest BCUT2D eigenvalue weighted by atomic mass is 16.8. The van der Waals surface area contributed by atoms with Crippen molar-refractivity contribution in [3.63, 3.8) is 0 Å². The average molecular weight is 715 g/mol. The van der Waals surface area contributed by atoms with Crippen molar-refractivity contribution >= 4 is 11.4 Å². The first-order valence-corrected chi connectivity index (χ1v) is 18.6. The van der Waals surface area contributed by atoms with E-state index in [1.807, 2.05) is 37.3 Å². The number of nitrogens with zero attached hydrogens (tertiary/aromatic N) is 8. The summed E-state index contributed by atoms with van der Waals surface area (Å²) >= 11 is 0. The third-order valence-electron chi connectivity index (χ3n) is 10.6. The van der Waals surface area contributed by atoms with Crippen molar-refractivity contribution < 1.29 is 14.2 Å². The van der Waals surface area contributed by atoms with Gasteiger partial charge < -0.3 is 19.1 Å². The van der Waals surface area contributed by atoms with Crippen LogP contribution in [0.2, 0.25) is 0 Å². The van der Waals surface area contributed by atoms with E-state index in [0.717, 1.165) is 67.2 Å². The van der Waals surface area contributed by atoms with Crippen LogP contribution in [0.4, 0.5) is 5.69 Å². The lowest BCUT2D eigenvalue weighted by molar-refractivity contribution is -0.192. The molecule has 2 saturated heterocycles. The number of allylic oxidation sites excluding steroid dienone is 2. The van der Waals surface area contributed by atoms with Crippen LogP contribution in [0.25, 0.3) is 16.8 Å². The Hall–Kier alpha value is -5.30. The van der Waals surface area contributed by atoms with Gasteiger partial charge in [-0.1, -0.05) is 73.7 Å². The molecule has 0 N–H and O–H groups in total. The van der Waals surface area contributed by atoms with E-state index in [-0.39, 0.29) is 17.8 Å². The summed E-state index contributed by atoms with van der Waals surface area (Å²) in [5, 5.41) is 13.0. The van der Waals surface area contributed by atoms with E-state index in [1.54, 1.807) is 32.8 Å². The zero-order chi connectivity index (χ0) is 36.2. The minimum Gasteiger partial charge on any atom is -0.491 e. The Balaban J connectivity index is 0.836. The van der Waals surface area contributed by atoms with Crippen molar-refractivity contribution in [2.24, 2.45) is 0 Å². The monoisotopic (exact) mass is 714 g/mol. The van der Waals surface area contributed by atoms with E-state index in [9.17, 15) is 4.79 Å². The van der Waals surface area contributed by atoms with Crippen molar-refractivity contribution in [3.05, 3.63) is 132 Å². The molecule has 3 aromatic carbocycles.